The van der Waals surface area contributed by atoms with Crippen LogP contribution in [0.4, 0.5) is 0 Å². The number of aromatic amines is 1. The van der Waals surface area contributed by atoms with Crippen molar-refractivity contribution in [3.05, 3.63) is 17.7 Å². The van der Waals surface area contributed by atoms with E-state index in [-0.39, 0.29) is 0 Å². The molecule has 0 saturated carbocycles. The third-order valence-corrected chi connectivity index (χ3v) is 2.18. The number of aromatic nitrogens is 2. The van der Waals surface area contributed by atoms with Gasteiger partial charge in [0, 0.05) is 19.4 Å². The Balaban J connectivity index is 2.04. The summed E-state index contributed by atoms with van der Waals surface area (Å²) < 4.78 is 5.08. The van der Waals surface area contributed by atoms with Crippen molar-refractivity contribution in [2.24, 2.45) is 5.92 Å². The summed E-state index contributed by atoms with van der Waals surface area (Å²) in [7, 11) is 1.75. The third-order valence-electron chi connectivity index (χ3n) is 2.18. The molecule has 0 aromatic carbocycles. The summed E-state index contributed by atoms with van der Waals surface area (Å²) in [4.78, 5) is 7.36. The second kappa shape index (κ2) is 2.66. The van der Waals surface area contributed by atoms with Crippen molar-refractivity contribution in [3.8, 4) is 0 Å². The smallest absolute Gasteiger partial charge is 0.0925 e. The molecule has 0 spiro atoms. The molecule has 1 N–H and O–H groups in total. The van der Waals surface area contributed by atoms with Gasteiger partial charge in [-0.25, -0.2) is 4.98 Å². The van der Waals surface area contributed by atoms with Gasteiger partial charge < -0.3 is 9.72 Å². The Labute approximate surface area is 65.8 Å². The summed E-state index contributed by atoms with van der Waals surface area (Å²) in [5, 5.41) is 0. The van der Waals surface area contributed by atoms with Gasteiger partial charge in [0.15, 0.2) is 0 Å². The molecule has 1 atom stereocenters. The number of nitrogens with one attached hydrogen (secondary N) is 1. The minimum Gasteiger partial charge on any atom is -0.384 e. The van der Waals surface area contributed by atoms with Crippen molar-refractivity contribution < 1.29 is 4.74 Å². The molecule has 0 radical (unpaired) electrons. The average molecular weight is 152 g/mol. The third kappa shape index (κ3) is 1.16. The second-order valence-corrected chi connectivity index (χ2v) is 3.06. The van der Waals surface area contributed by atoms with E-state index in [4.69, 9.17) is 4.74 Å². The zero-order valence-corrected chi connectivity index (χ0v) is 6.63. The predicted molar refractivity (Wildman–Crippen MR) is 41.4 cm³/mol. The molecule has 1 heterocycles. The predicted octanol–water partition coefficient (Wildman–Crippen LogP) is 0.771. The van der Waals surface area contributed by atoms with E-state index in [1.165, 1.54) is 11.4 Å². The lowest BCUT2D eigenvalue weighted by Gasteiger charge is -2.05. The molecule has 2 rings (SSSR count). The maximum atomic E-state index is 5.08. The molecule has 1 unspecified atom stereocenters. The fraction of sp³-hybridized carbons (Fsp3) is 0.625. The van der Waals surface area contributed by atoms with Crippen molar-refractivity contribution in [1.82, 2.24) is 9.97 Å². The van der Waals surface area contributed by atoms with Crippen LogP contribution < -0.4 is 0 Å². The second-order valence-electron chi connectivity index (χ2n) is 3.06. The highest BCUT2D eigenvalue weighted by atomic mass is 16.5. The number of H-pyrrole nitrogens is 1. The van der Waals surface area contributed by atoms with Crippen LogP contribution in [0.3, 0.4) is 0 Å². The number of methoxy groups -OCH3 is 1. The Kier molecular flexibility index (Phi) is 1.66. The highest BCUT2D eigenvalue weighted by Crippen LogP contribution is 2.23. The molecule has 3 heteroatoms. The lowest BCUT2D eigenvalue weighted by Crippen LogP contribution is -2.07. The summed E-state index contributed by atoms with van der Waals surface area (Å²) in [5.74, 6) is 0.648. The van der Waals surface area contributed by atoms with Gasteiger partial charge in [0.05, 0.1) is 12.0 Å². The lowest BCUT2D eigenvalue weighted by atomic mass is 10.1. The maximum absolute atomic E-state index is 5.08. The number of imidazole rings is 1. The van der Waals surface area contributed by atoms with Crippen LogP contribution >= 0.6 is 0 Å². The molecule has 1 aromatic heterocycles. The van der Waals surface area contributed by atoms with Gasteiger partial charge in [-0.15, -0.1) is 0 Å². The molecule has 60 valence electrons. The van der Waals surface area contributed by atoms with Crippen LogP contribution in [0.5, 0.6) is 0 Å². The minimum absolute atomic E-state index is 0.648. The quantitative estimate of drug-likeness (QED) is 0.679. The number of nitrogens with zero attached hydrogens (tertiary/aromatic N) is 1. The van der Waals surface area contributed by atoms with E-state index in [9.17, 15) is 0 Å². The van der Waals surface area contributed by atoms with Crippen molar-refractivity contribution in [1.29, 1.82) is 0 Å². The van der Waals surface area contributed by atoms with Crippen LogP contribution in [0.25, 0.3) is 0 Å². The molecule has 11 heavy (non-hydrogen) atoms. The van der Waals surface area contributed by atoms with Crippen LogP contribution in [0.15, 0.2) is 6.33 Å². The molecule has 0 aliphatic heterocycles. The van der Waals surface area contributed by atoms with E-state index in [0.29, 0.717) is 5.92 Å². The number of hydrogen-bond donors (Lipinski definition) is 1. The molecular weight excluding hydrogens is 140 g/mol. The number of ether oxygens (including phenoxy) is 1. The number of rotatable bonds is 2. The van der Waals surface area contributed by atoms with Gasteiger partial charge in [0.1, 0.15) is 0 Å². The SMILES string of the molecule is COCC1Cc2nc[nH]c2C1. The first-order valence-electron chi connectivity index (χ1n) is 3.90. The van der Waals surface area contributed by atoms with Crippen molar-refractivity contribution in [2.45, 2.75) is 12.8 Å². The van der Waals surface area contributed by atoms with E-state index < -0.39 is 0 Å². The van der Waals surface area contributed by atoms with E-state index in [1.54, 1.807) is 13.4 Å². The first kappa shape index (κ1) is 6.85. The Bertz CT molecular complexity index is 223. The molecule has 3 nitrogen and oxygen atoms in total. The number of fused-ring (bicyclic) bond motifs is 1. The van der Waals surface area contributed by atoms with E-state index in [2.05, 4.69) is 9.97 Å². The first-order chi connectivity index (χ1) is 5.40. The zero-order chi connectivity index (χ0) is 7.68. The summed E-state index contributed by atoms with van der Waals surface area (Å²) in [6.45, 7) is 0.851. The van der Waals surface area contributed by atoms with Gasteiger partial charge in [-0.2, -0.15) is 0 Å². The molecule has 0 bridgehead atoms. The number of hydrogen-bond acceptors (Lipinski definition) is 2. The molecule has 0 fully saturated rings. The van der Waals surface area contributed by atoms with Crippen molar-refractivity contribution in [3.63, 3.8) is 0 Å². The minimum atomic E-state index is 0.648. The monoisotopic (exact) mass is 152 g/mol. The van der Waals surface area contributed by atoms with Crippen LogP contribution in [-0.2, 0) is 17.6 Å². The highest BCUT2D eigenvalue weighted by molar-refractivity contribution is 5.18. The van der Waals surface area contributed by atoms with Crippen LogP contribution in [0.1, 0.15) is 11.4 Å². The fourth-order valence-corrected chi connectivity index (χ4v) is 1.69. The van der Waals surface area contributed by atoms with Gasteiger partial charge in [0.2, 0.25) is 0 Å². The normalized spacial score (nSPS) is 17.2. The summed E-state index contributed by atoms with van der Waals surface area (Å²) in [6.07, 6.45) is 3.95. The van der Waals surface area contributed by atoms with Gasteiger partial charge in [-0.1, -0.05) is 0 Å². The Morgan fingerprint density at radius 3 is 3.36 bits per heavy atom. The zero-order valence-electron chi connectivity index (χ0n) is 6.63. The largest absolute Gasteiger partial charge is 0.384 e. The van der Waals surface area contributed by atoms with Crippen LogP contribution in [0.2, 0.25) is 0 Å². The fourth-order valence-electron chi connectivity index (χ4n) is 1.69. The van der Waals surface area contributed by atoms with Crippen molar-refractivity contribution in [2.75, 3.05) is 13.7 Å². The van der Waals surface area contributed by atoms with Crippen LogP contribution in [0, 0.1) is 5.92 Å². The summed E-state index contributed by atoms with van der Waals surface area (Å²) >= 11 is 0. The lowest BCUT2D eigenvalue weighted by molar-refractivity contribution is 0.156. The van der Waals surface area contributed by atoms with Crippen LogP contribution in [-0.4, -0.2) is 23.7 Å². The molecule has 1 aromatic rings. The molecule has 0 amide bonds. The average Bonchev–Trinajstić information content (AvgIpc) is 2.46. The Morgan fingerprint density at radius 1 is 1.73 bits per heavy atom. The van der Waals surface area contributed by atoms with E-state index >= 15 is 0 Å². The maximum Gasteiger partial charge on any atom is 0.0925 e. The van der Waals surface area contributed by atoms with E-state index in [1.807, 2.05) is 0 Å². The molecule has 1 aliphatic carbocycles. The first-order valence-corrected chi connectivity index (χ1v) is 3.90. The molecule has 1 aliphatic rings. The highest BCUT2D eigenvalue weighted by Gasteiger charge is 2.22. The van der Waals surface area contributed by atoms with Gasteiger partial charge in [-0.05, 0) is 18.8 Å². The molecular formula is C8H12N2O. The van der Waals surface area contributed by atoms with Gasteiger partial charge in [0.25, 0.3) is 0 Å². The van der Waals surface area contributed by atoms with Gasteiger partial charge in [-0.3, -0.25) is 0 Å². The summed E-state index contributed by atoms with van der Waals surface area (Å²) in [5.41, 5.74) is 2.53. The van der Waals surface area contributed by atoms with Crippen molar-refractivity contribution >= 4 is 0 Å². The summed E-state index contributed by atoms with van der Waals surface area (Å²) in [6, 6.07) is 0. The standard InChI is InChI=1S/C8H12N2O/c1-11-4-6-2-7-8(3-6)10-5-9-7/h5-6H,2-4H2,1H3,(H,9,10). The van der Waals surface area contributed by atoms with E-state index in [0.717, 1.165) is 19.4 Å². The Morgan fingerprint density at radius 2 is 2.64 bits per heavy atom. The molecule has 0 saturated heterocycles. The Hall–Kier alpha value is -0.830. The topological polar surface area (TPSA) is 37.9 Å². The van der Waals surface area contributed by atoms with Gasteiger partial charge >= 0.3 is 0 Å².